The SMILES string of the molecule is C#CCN1C(=O)[C@]2(CC(=O)Nc3c2cnn3C(C)(C)C)c2ccccc21. The summed E-state index contributed by atoms with van der Waals surface area (Å²) < 4.78 is 1.76. The van der Waals surface area contributed by atoms with E-state index < -0.39 is 5.41 Å². The molecule has 6 nitrogen and oxygen atoms in total. The Bertz CT molecular complexity index is 976. The average Bonchev–Trinajstić information content (AvgIpc) is 3.10. The number of amides is 2. The molecule has 0 fully saturated rings. The summed E-state index contributed by atoms with van der Waals surface area (Å²) in [6.45, 7) is 6.18. The van der Waals surface area contributed by atoms with Crippen molar-refractivity contribution >= 4 is 23.3 Å². The fraction of sp³-hybridized carbons (Fsp3) is 0.350. The van der Waals surface area contributed by atoms with Gasteiger partial charge in [0, 0.05) is 17.7 Å². The maximum Gasteiger partial charge on any atom is 0.243 e. The minimum absolute atomic E-state index is 0.0484. The van der Waals surface area contributed by atoms with E-state index in [1.54, 1.807) is 15.8 Å². The predicted molar refractivity (Wildman–Crippen MR) is 98.9 cm³/mol. The zero-order valence-corrected chi connectivity index (χ0v) is 15.0. The number of benzene rings is 1. The second-order valence-electron chi connectivity index (χ2n) is 7.73. The molecule has 0 saturated carbocycles. The van der Waals surface area contributed by atoms with Crippen molar-refractivity contribution in [3.05, 3.63) is 41.6 Å². The van der Waals surface area contributed by atoms with Gasteiger partial charge in [0.05, 0.1) is 18.3 Å². The first-order chi connectivity index (χ1) is 12.3. The van der Waals surface area contributed by atoms with Crippen LogP contribution in [0.4, 0.5) is 11.5 Å². The molecular weight excluding hydrogens is 328 g/mol. The summed E-state index contributed by atoms with van der Waals surface area (Å²) in [5, 5.41) is 7.41. The van der Waals surface area contributed by atoms with Gasteiger partial charge in [-0.05, 0) is 32.4 Å². The first-order valence-electron chi connectivity index (χ1n) is 8.54. The third kappa shape index (κ3) is 1.97. The second kappa shape index (κ2) is 5.21. The Kier molecular flexibility index (Phi) is 3.29. The Balaban J connectivity index is 2.02. The number of para-hydroxylation sites is 1. The van der Waals surface area contributed by atoms with E-state index in [0.717, 1.165) is 16.8 Å². The number of hydrogen-bond acceptors (Lipinski definition) is 3. The van der Waals surface area contributed by atoms with Crippen LogP contribution >= 0.6 is 0 Å². The zero-order chi connectivity index (χ0) is 18.7. The number of nitrogens with zero attached hydrogens (tertiary/aromatic N) is 3. The number of hydrogen-bond donors (Lipinski definition) is 1. The Morgan fingerprint density at radius 3 is 2.69 bits per heavy atom. The molecule has 132 valence electrons. The van der Waals surface area contributed by atoms with E-state index in [-0.39, 0.29) is 30.3 Å². The zero-order valence-electron chi connectivity index (χ0n) is 15.0. The molecule has 1 aromatic heterocycles. The summed E-state index contributed by atoms with van der Waals surface area (Å²) in [6, 6.07) is 7.53. The van der Waals surface area contributed by atoms with Crippen molar-refractivity contribution in [2.75, 3.05) is 16.8 Å². The third-order valence-corrected chi connectivity index (χ3v) is 5.06. The molecule has 2 aliphatic rings. The van der Waals surface area contributed by atoms with Crippen LogP contribution in [0.25, 0.3) is 0 Å². The van der Waals surface area contributed by atoms with Crippen LogP contribution in [0.5, 0.6) is 0 Å². The first-order valence-corrected chi connectivity index (χ1v) is 8.54. The predicted octanol–water partition coefficient (Wildman–Crippen LogP) is 2.25. The Morgan fingerprint density at radius 2 is 2.00 bits per heavy atom. The molecule has 1 atom stereocenters. The smallest absolute Gasteiger partial charge is 0.243 e. The quantitative estimate of drug-likeness (QED) is 0.804. The molecule has 4 rings (SSSR count). The van der Waals surface area contributed by atoms with Gasteiger partial charge in [0.2, 0.25) is 11.8 Å². The normalized spacial score (nSPS) is 21.4. The monoisotopic (exact) mass is 348 g/mol. The van der Waals surface area contributed by atoms with Crippen molar-refractivity contribution in [3.63, 3.8) is 0 Å². The highest BCUT2D eigenvalue weighted by Crippen LogP contribution is 2.52. The molecule has 1 aromatic carbocycles. The van der Waals surface area contributed by atoms with Gasteiger partial charge in [-0.3, -0.25) is 14.5 Å². The highest BCUT2D eigenvalue weighted by Gasteiger charge is 2.57. The number of carbonyl (C=O) groups excluding carboxylic acids is 2. The molecule has 1 spiro atoms. The fourth-order valence-corrected chi connectivity index (χ4v) is 4.01. The molecule has 0 saturated heterocycles. The standard InChI is InChI=1S/C20H20N4O2/c1-5-10-23-15-9-7-6-8-13(15)20(18(23)26)11-16(25)22-17-14(20)12-21-24(17)19(2,3)4/h1,6-9,12H,10-11H2,2-4H3,(H,22,25)/t20-/m1/s1. The van der Waals surface area contributed by atoms with Crippen LogP contribution in [0, 0.1) is 12.3 Å². The number of carbonyl (C=O) groups is 2. The summed E-state index contributed by atoms with van der Waals surface area (Å²) in [7, 11) is 0. The topological polar surface area (TPSA) is 67.2 Å². The average molecular weight is 348 g/mol. The van der Waals surface area contributed by atoms with Gasteiger partial charge >= 0.3 is 0 Å². The number of fused-ring (bicyclic) bond motifs is 4. The van der Waals surface area contributed by atoms with Gasteiger partial charge in [-0.1, -0.05) is 24.1 Å². The van der Waals surface area contributed by atoms with Gasteiger partial charge < -0.3 is 5.32 Å². The van der Waals surface area contributed by atoms with Crippen LogP contribution in [-0.4, -0.2) is 28.1 Å². The summed E-state index contributed by atoms with van der Waals surface area (Å²) >= 11 is 0. The van der Waals surface area contributed by atoms with Crippen molar-refractivity contribution in [2.45, 2.75) is 38.1 Å². The highest BCUT2D eigenvalue weighted by atomic mass is 16.2. The molecule has 2 amide bonds. The number of aromatic nitrogens is 2. The van der Waals surface area contributed by atoms with Crippen molar-refractivity contribution in [2.24, 2.45) is 0 Å². The van der Waals surface area contributed by atoms with Gasteiger partial charge in [-0.2, -0.15) is 5.10 Å². The van der Waals surface area contributed by atoms with Crippen molar-refractivity contribution in [1.82, 2.24) is 9.78 Å². The second-order valence-corrected chi connectivity index (χ2v) is 7.73. The van der Waals surface area contributed by atoms with Gasteiger partial charge in [-0.25, -0.2) is 4.68 Å². The fourth-order valence-electron chi connectivity index (χ4n) is 4.01. The molecule has 2 aliphatic heterocycles. The lowest BCUT2D eigenvalue weighted by Gasteiger charge is -2.33. The van der Waals surface area contributed by atoms with Gasteiger partial charge in [0.15, 0.2) is 0 Å². The summed E-state index contributed by atoms with van der Waals surface area (Å²) in [5.41, 5.74) is 0.890. The minimum atomic E-state index is -1.07. The Labute approximate surface area is 152 Å². The summed E-state index contributed by atoms with van der Waals surface area (Å²) in [5.74, 6) is 2.77. The number of nitrogens with one attached hydrogen (secondary N) is 1. The van der Waals surface area contributed by atoms with Crippen LogP contribution in [0.2, 0.25) is 0 Å². The van der Waals surface area contributed by atoms with Crippen LogP contribution in [0.15, 0.2) is 30.5 Å². The van der Waals surface area contributed by atoms with Crippen molar-refractivity contribution in [1.29, 1.82) is 0 Å². The summed E-state index contributed by atoms with van der Waals surface area (Å²) in [6.07, 6.45) is 7.24. The minimum Gasteiger partial charge on any atom is -0.311 e. The lowest BCUT2D eigenvalue weighted by molar-refractivity contribution is -0.126. The van der Waals surface area contributed by atoms with Crippen LogP contribution in [0.1, 0.15) is 38.3 Å². The van der Waals surface area contributed by atoms with Gasteiger partial charge in [-0.15, -0.1) is 6.42 Å². The van der Waals surface area contributed by atoms with E-state index in [0.29, 0.717) is 5.82 Å². The largest absolute Gasteiger partial charge is 0.311 e. The van der Waals surface area contributed by atoms with E-state index in [9.17, 15) is 9.59 Å². The van der Waals surface area contributed by atoms with E-state index in [1.807, 2.05) is 45.0 Å². The molecule has 6 heteroatoms. The molecule has 1 N–H and O–H groups in total. The van der Waals surface area contributed by atoms with Crippen molar-refractivity contribution in [3.8, 4) is 12.3 Å². The molecule has 26 heavy (non-hydrogen) atoms. The molecule has 0 aliphatic carbocycles. The number of terminal acetylenes is 1. The highest BCUT2D eigenvalue weighted by molar-refractivity contribution is 6.15. The first kappa shape index (κ1) is 16.4. The summed E-state index contributed by atoms with van der Waals surface area (Å²) in [4.78, 5) is 27.7. The maximum absolute atomic E-state index is 13.5. The van der Waals surface area contributed by atoms with Crippen molar-refractivity contribution < 1.29 is 9.59 Å². The van der Waals surface area contributed by atoms with Crippen LogP contribution < -0.4 is 10.2 Å². The molecule has 3 heterocycles. The Hall–Kier alpha value is -3.07. The van der Waals surface area contributed by atoms with E-state index in [4.69, 9.17) is 6.42 Å². The van der Waals surface area contributed by atoms with E-state index >= 15 is 0 Å². The van der Waals surface area contributed by atoms with E-state index in [1.165, 1.54) is 0 Å². The lowest BCUT2D eigenvalue weighted by atomic mass is 9.72. The van der Waals surface area contributed by atoms with Gasteiger partial charge in [0.1, 0.15) is 11.2 Å². The maximum atomic E-state index is 13.5. The lowest BCUT2D eigenvalue weighted by Crippen LogP contribution is -2.47. The third-order valence-electron chi connectivity index (χ3n) is 5.06. The van der Waals surface area contributed by atoms with E-state index in [2.05, 4.69) is 16.3 Å². The number of anilines is 2. The van der Waals surface area contributed by atoms with Gasteiger partial charge in [0.25, 0.3) is 0 Å². The molecule has 0 unspecified atom stereocenters. The molecular formula is C20H20N4O2. The molecule has 0 bridgehead atoms. The van der Waals surface area contributed by atoms with Crippen LogP contribution in [0.3, 0.4) is 0 Å². The molecule has 2 aromatic rings. The Morgan fingerprint density at radius 1 is 1.27 bits per heavy atom. The molecule has 0 radical (unpaired) electrons. The number of rotatable bonds is 1. The van der Waals surface area contributed by atoms with Crippen LogP contribution in [-0.2, 0) is 20.5 Å².